The van der Waals surface area contributed by atoms with Gasteiger partial charge in [0.05, 0.1) is 25.0 Å². The van der Waals surface area contributed by atoms with Crippen LogP contribution in [0.15, 0.2) is 84.1 Å². The minimum absolute atomic E-state index is 0.318. The van der Waals surface area contributed by atoms with Gasteiger partial charge in [0.25, 0.3) is 5.91 Å². The van der Waals surface area contributed by atoms with Gasteiger partial charge in [-0.15, -0.1) is 0 Å². The molecule has 0 bridgehead atoms. The molecule has 0 aliphatic heterocycles. The lowest BCUT2D eigenvalue weighted by atomic mass is 10.1. The molecule has 31 heavy (non-hydrogen) atoms. The maximum Gasteiger partial charge on any atom is 0.271 e. The number of aromatic nitrogens is 1. The third-order valence-electron chi connectivity index (χ3n) is 5.00. The summed E-state index contributed by atoms with van der Waals surface area (Å²) in [6.07, 6.45) is 3.60. The van der Waals surface area contributed by atoms with Crippen LogP contribution in [0.1, 0.15) is 27.0 Å². The monoisotopic (exact) mass is 408 g/mol. The van der Waals surface area contributed by atoms with Crippen LogP contribution in [-0.4, -0.2) is 23.8 Å². The Labute approximate surface area is 180 Å². The quantitative estimate of drug-likeness (QED) is 0.381. The SMILES string of the molecule is COc1cccc(C(=O)N/N=C\c2cn(Cc3ccccc3C#N)c3ccccc23)c1. The molecule has 0 aliphatic carbocycles. The van der Waals surface area contributed by atoms with E-state index in [0.717, 1.165) is 22.0 Å². The normalized spacial score (nSPS) is 10.8. The summed E-state index contributed by atoms with van der Waals surface area (Å²) in [5.41, 5.74) is 6.52. The van der Waals surface area contributed by atoms with Crippen LogP contribution >= 0.6 is 0 Å². The highest BCUT2D eigenvalue weighted by molar-refractivity contribution is 6.00. The Hall–Kier alpha value is -4.37. The van der Waals surface area contributed by atoms with Gasteiger partial charge in [0.1, 0.15) is 5.75 Å². The molecule has 3 aromatic carbocycles. The zero-order chi connectivity index (χ0) is 21.6. The summed E-state index contributed by atoms with van der Waals surface area (Å²) in [6, 6.07) is 24.7. The molecule has 0 saturated carbocycles. The molecule has 0 atom stereocenters. The van der Waals surface area contributed by atoms with Crippen LogP contribution in [0, 0.1) is 11.3 Å². The van der Waals surface area contributed by atoms with E-state index in [9.17, 15) is 10.1 Å². The number of benzene rings is 3. The smallest absolute Gasteiger partial charge is 0.271 e. The van der Waals surface area contributed by atoms with Gasteiger partial charge in [0.15, 0.2) is 0 Å². The van der Waals surface area contributed by atoms with Crippen molar-refractivity contribution in [2.45, 2.75) is 6.54 Å². The summed E-state index contributed by atoms with van der Waals surface area (Å²) in [6.45, 7) is 0.564. The number of para-hydroxylation sites is 1. The van der Waals surface area contributed by atoms with Gasteiger partial charge in [-0.3, -0.25) is 4.79 Å². The minimum atomic E-state index is -0.318. The summed E-state index contributed by atoms with van der Waals surface area (Å²) in [5.74, 6) is 0.291. The van der Waals surface area contributed by atoms with Gasteiger partial charge in [-0.25, -0.2) is 5.43 Å². The number of nitrogens with one attached hydrogen (secondary N) is 1. The number of amides is 1. The van der Waals surface area contributed by atoms with Crippen molar-refractivity contribution in [3.05, 3.63) is 101 Å². The fourth-order valence-electron chi connectivity index (χ4n) is 3.45. The van der Waals surface area contributed by atoms with Crippen molar-refractivity contribution in [1.29, 1.82) is 5.26 Å². The molecule has 1 N–H and O–H groups in total. The van der Waals surface area contributed by atoms with Crippen molar-refractivity contribution in [1.82, 2.24) is 9.99 Å². The summed E-state index contributed by atoms with van der Waals surface area (Å²) in [5, 5.41) is 14.5. The third-order valence-corrected chi connectivity index (χ3v) is 5.00. The fraction of sp³-hybridized carbons (Fsp3) is 0.0800. The first-order chi connectivity index (χ1) is 15.2. The highest BCUT2D eigenvalue weighted by Gasteiger charge is 2.10. The topological polar surface area (TPSA) is 79.4 Å². The van der Waals surface area contributed by atoms with Crippen molar-refractivity contribution in [3.8, 4) is 11.8 Å². The van der Waals surface area contributed by atoms with Crippen LogP contribution < -0.4 is 10.2 Å². The molecule has 0 spiro atoms. The highest BCUT2D eigenvalue weighted by atomic mass is 16.5. The van der Waals surface area contributed by atoms with E-state index in [1.54, 1.807) is 37.6 Å². The molecule has 0 radical (unpaired) electrons. The zero-order valence-electron chi connectivity index (χ0n) is 16.9. The van der Waals surface area contributed by atoms with E-state index in [1.807, 2.05) is 54.7 Å². The van der Waals surface area contributed by atoms with E-state index in [0.29, 0.717) is 23.4 Å². The maximum absolute atomic E-state index is 12.4. The van der Waals surface area contributed by atoms with Crippen molar-refractivity contribution < 1.29 is 9.53 Å². The molecule has 4 rings (SSSR count). The summed E-state index contributed by atoms with van der Waals surface area (Å²) < 4.78 is 7.23. The molecule has 1 aromatic heterocycles. The second kappa shape index (κ2) is 8.97. The number of hydrogen-bond donors (Lipinski definition) is 1. The van der Waals surface area contributed by atoms with Gasteiger partial charge in [0, 0.05) is 34.8 Å². The Balaban J connectivity index is 1.58. The van der Waals surface area contributed by atoms with Crippen LogP contribution in [0.4, 0.5) is 0 Å². The van der Waals surface area contributed by atoms with Gasteiger partial charge in [-0.05, 0) is 35.9 Å². The number of ether oxygens (including phenoxy) is 1. The molecule has 0 fully saturated rings. The van der Waals surface area contributed by atoms with E-state index >= 15 is 0 Å². The molecule has 6 nitrogen and oxygen atoms in total. The van der Waals surface area contributed by atoms with Crippen molar-refractivity contribution in [2.24, 2.45) is 5.10 Å². The molecule has 1 amide bonds. The molecular weight excluding hydrogens is 388 g/mol. The van der Waals surface area contributed by atoms with Crippen molar-refractivity contribution in [3.63, 3.8) is 0 Å². The van der Waals surface area contributed by atoms with Crippen LogP contribution in [-0.2, 0) is 6.54 Å². The van der Waals surface area contributed by atoms with Crippen LogP contribution in [0.25, 0.3) is 10.9 Å². The molecule has 0 saturated heterocycles. The standard InChI is InChI=1S/C25H20N4O2/c1-31-22-10-6-9-18(13-22)25(30)28-27-15-21-17-29(24-12-5-4-11-23(21)24)16-20-8-3-2-7-19(20)14-26/h2-13,15,17H,16H2,1H3,(H,28,30)/b27-15-. The second-order valence-corrected chi connectivity index (χ2v) is 6.93. The lowest BCUT2D eigenvalue weighted by Crippen LogP contribution is -2.17. The molecule has 152 valence electrons. The van der Waals surface area contributed by atoms with Gasteiger partial charge >= 0.3 is 0 Å². The van der Waals surface area contributed by atoms with E-state index < -0.39 is 0 Å². The van der Waals surface area contributed by atoms with Crippen LogP contribution in [0.5, 0.6) is 5.75 Å². The molecule has 0 unspecified atom stereocenters. The molecule has 1 heterocycles. The Morgan fingerprint density at radius 3 is 2.77 bits per heavy atom. The number of hydrogen-bond acceptors (Lipinski definition) is 4. The Morgan fingerprint density at radius 2 is 1.94 bits per heavy atom. The van der Waals surface area contributed by atoms with Crippen molar-refractivity contribution >= 4 is 23.0 Å². The van der Waals surface area contributed by atoms with Gasteiger partial charge in [0.2, 0.25) is 0 Å². The number of hydrazone groups is 1. The third kappa shape index (κ3) is 4.31. The Bertz CT molecular complexity index is 1310. The Morgan fingerprint density at radius 1 is 1.13 bits per heavy atom. The summed E-state index contributed by atoms with van der Waals surface area (Å²) >= 11 is 0. The largest absolute Gasteiger partial charge is 0.497 e. The average Bonchev–Trinajstić information content (AvgIpc) is 3.17. The number of carbonyl (C=O) groups excluding carboxylic acids is 1. The van der Waals surface area contributed by atoms with E-state index in [1.165, 1.54) is 0 Å². The fourth-order valence-corrected chi connectivity index (χ4v) is 3.45. The predicted molar refractivity (Wildman–Crippen MR) is 120 cm³/mol. The maximum atomic E-state index is 12.4. The van der Waals surface area contributed by atoms with Crippen LogP contribution in [0.2, 0.25) is 0 Å². The van der Waals surface area contributed by atoms with E-state index in [2.05, 4.69) is 21.2 Å². The van der Waals surface area contributed by atoms with Gasteiger partial charge < -0.3 is 9.30 Å². The molecule has 6 heteroatoms. The zero-order valence-corrected chi connectivity index (χ0v) is 16.9. The predicted octanol–water partition coefficient (Wildman–Crippen LogP) is 4.33. The number of fused-ring (bicyclic) bond motifs is 1. The minimum Gasteiger partial charge on any atom is -0.497 e. The van der Waals surface area contributed by atoms with Crippen LogP contribution in [0.3, 0.4) is 0 Å². The lowest BCUT2D eigenvalue weighted by Gasteiger charge is -2.07. The van der Waals surface area contributed by atoms with Gasteiger partial charge in [-0.1, -0.05) is 42.5 Å². The number of methoxy groups -OCH3 is 1. The number of nitrogens with zero attached hydrogens (tertiary/aromatic N) is 3. The van der Waals surface area contributed by atoms with Gasteiger partial charge in [-0.2, -0.15) is 10.4 Å². The molecule has 4 aromatic rings. The number of nitriles is 1. The van der Waals surface area contributed by atoms with Crippen molar-refractivity contribution in [2.75, 3.05) is 7.11 Å². The highest BCUT2D eigenvalue weighted by Crippen LogP contribution is 2.22. The number of carbonyl (C=O) groups is 1. The lowest BCUT2D eigenvalue weighted by molar-refractivity contribution is 0.0955. The first kappa shape index (κ1) is 19.9. The first-order valence-electron chi connectivity index (χ1n) is 9.73. The van der Waals surface area contributed by atoms with E-state index in [4.69, 9.17) is 4.74 Å². The Kier molecular flexibility index (Phi) is 5.77. The first-order valence-corrected chi connectivity index (χ1v) is 9.73. The van der Waals surface area contributed by atoms with E-state index in [-0.39, 0.29) is 5.91 Å². The molecular formula is C25H20N4O2. The number of rotatable bonds is 6. The molecule has 0 aliphatic rings. The summed E-state index contributed by atoms with van der Waals surface area (Å²) in [7, 11) is 1.56. The summed E-state index contributed by atoms with van der Waals surface area (Å²) in [4.78, 5) is 12.4. The average molecular weight is 408 g/mol. The second-order valence-electron chi connectivity index (χ2n) is 6.93.